The first kappa shape index (κ1) is 49.0. The molecule has 0 heterocycles. The molecule has 0 saturated heterocycles. The van der Waals surface area contributed by atoms with Crippen molar-refractivity contribution in [1.29, 1.82) is 5.26 Å². The highest BCUT2D eigenvalue weighted by molar-refractivity contribution is 5.98. The van der Waals surface area contributed by atoms with Crippen molar-refractivity contribution in [3.8, 4) is 29.1 Å². The number of benzene rings is 6. The minimum absolute atomic E-state index is 0.0305. The second kappa shape index (κ2) is 23.1. The molecule has 0 aromatic heterocycles. The topological polar surface area (TPSA) is 142 Å². The SMILES string of the molecule is CC(C)N=C(N)c1ccc(OCc2cccc(COc3ccc(C(N)=NC(C)C)cc3F)c2F)c(F)c1.[C-]#[N+]c1ccc(OCc2cccc(COc3ccc(C#N)cc3F)c2F)c(F)c1. The molecule has 0 amide bonds. The predicted octanol–water partition coefficient (Wildman–Crippen LogP) is 11.2. The van der Waals surface area contributed by atoms with E-state index in [9.17, 15) is 22.0 Å². The van der Waals surface area contributed by atoms with Gasteiger partial charge in [-0.15, -0.1) is 0 Å². The summed E-state index contributed by atoms with van der Waals surface area (Å²) in [5, 5.41) is 8.75. The van der Waals surface area contributed by atoms with E-state index in [2.05, 4.69) is 14.8 Å². The van der Waals surface area contributed by atoms with Crippen LogP contribution < -0.4 is 30.4 Å². The average Bonchev–Trinajstić information content (AvgIpc) is 3.28. The van der Waals surface area contributed by atoms with E-state index in [1.807, 2.05) is 33.8 Å². The van der Waals surface area contributed by atoms with E-state index in [0.29, 0.717) is 11.1 Å². The number of hydrogen-bond acceptors (Lipinski definition) is 7. The fourth-order valence-electron chi connectivity index (χ4n) is 5.96. The van der Waals surface area contributed by atoms with Gasteiger partial charge in [-0.3, -0.25) is 9.98 Å². The Hall–Kier alpha value is -7.98. The maximum Gasteiger partial charge on any atom is 0.190 e. The van der Waals surface area contributed by atoms with Crippen LogP contribution in [0.15, 0.2) is 119 Å². The van der Waals surface area contributed by atoms with Crippen molar-refractivity contribution in [2.24, 2.45) is 21.5 Å². The van der Waals surface area contributed by atoms with Gasteiger partial charge in [-0.05, 0) is 94.4 Å². The number of amidine groups is 2. The Morgan fingerprint density at radius 2 is 0.894 bits per heavy atom. The first-order valence-electron chi connectivity index (χ1n) is 20.2. The van der Waals surface area contributed by atoms with Gasteiger partial charge in [-0.2, -0.15) is 5.26 Å². The molecule has 0 atom stereocenters. The molecule has 0 spiro atoms. The third kappa shape index (κ3) is 13.5. The second-order valence-electron chi connectivity index (χ2n) is 14.9. The summed E-state index contributed by atoms with van der Waals surface area (Å²) < 4.78 is 108. The largest absolute Gasteiger partial charge is 0.486 e. The molecular weight excluding hydrogens is 863 g/mol. The summed E-state index contributed by atoms with van der Waals surface area (Å²) in [4.78, 5) is 11.5. The van der Waals surface area contributed by atoms with Crippen LogP contribution in [-0.2, 0) is 26.4 Å². The van der Waals surface area contributed by atoms with E-state index in [4.69, 9.17) is 42.2 Å². The summed E-state index contributed by atoms with van der Waals surface area (Å²) in [5.74, 6) is -3.78. The molecule has 4 N–H and O–H groups in total. The number of hydrogen-bond donors (Lipinski definition) is 2. The van der Waals surface area contributed by atoms with E-state index in [1.165, 1.54) is 72.8 Å². The zero-order valence-corrected chi connectivity index (χ0v) is 36.2. The van der Waals surface area contributed by atoms with Gasteiger partial charge in [0.25, 0.3) is 0 Å². The zero-order valence-electron chi connectivity index (χ0n) is 36.2. The number of aliphatic imine (C=N–C) groups is 2. The number of rotatable bonds is 16. The molecule has 16 heteroatoms. The van der Waals surface area contributed by atoms with Gasteiger partial charge in [0, 0.05) is 45.5 Å². The molecule has 0 fully saturated rings. The molecule has 0 bridgehead atoms. The van der Waals surface area contributed by atoms with Crippen LogP contribution >= 0.6 is 0 Å². The Morgan fingerprint density at radius 3 is 1.21 bits per heavy atom. The van der Waals surface area contributed by atoms with Crippen LogP contribution in [0, 0.1) is 52.8 Å². The lowest BCUT2D eigenvalue weighted by Crippen LogP contribution is -2.16. The van der Waals surface area contributed by atoms with Crippen molar-refractivity contribution in [3.63, 3.8) is 0 Å². The van der Waals surface area contributed by atoms with Gasteiger partial charge in [0.15, 0.2) is 52.0 Å². The predicted molar refractivity (Wildman–Crippen MR) is 238 cm³/mol. The number of nitrogens with zero attached hydrogens (tertiary/aromatic N) is 4. The van der Waals surface area contributed by atoms with Crippen molar-refractivity contribution in [1.82, 2.24) is 0 Å². The summed E-state index contributed by atoms with van der Waals surface area (Å²) in [6, 6.07) is 26.9. The number of halogens is 6. The standard InChI is InChI=1S/C28H31F3N4O2.C22H13F3N2O2/c1-16(2)34-27(32)18-8-10-24(22(29)12-18)36-14-20-6-5-7-21(26(20)31)15-37-25-11-9-19(13-23(25)30)28(33)35-17(3)4;1-27-17-6-8-21(19(24)10-17)29-13-16-4-2-3-15(22(16)25)12-28-20-7-5-14(11-26)9-18(20)23/h5-13,16-17H,14-15H2,1-4H3,(H2,32,34)(H2,33,35);2-10H,12-13H2. The number of nitriles is 1. The van der Waals surface area contributed by atoms with Crippen molar-refractivity contribution >= 4 is 17.4 Å². The number of ether oxygens (including phenoxy) is 4. The van der Waals surface area contributed by atoms with Gasteiger partial charge in [0.1, 0.15) is 49.7 Å². The van der Waals surface area contributed by atoms with Crippen LogP contribution in [0.5, 0.6) is 23.0 Å². The van der Waals surface area contributed by atoms with Crippen LogP contribution in [0.3, 0.4) is 0 Å². The van der Waals surface area contributed by atoms with Gasteiger partial charge in [-0.25, -0.2) is 31.2 Å². The highest BCUT2D eigenvalue weighted by Crippen LogP contribution is 2.27. The zero-order chi connectivity index (χ0) is 47.9. The van der Waals surface area contributed by atoms with Crippen LogP contribution in [0.4, 0.5) is 32.0 Å². The third-order valence-corrected chi connectivity index (χ3v) is 9.21. The monoisotopic (exact) mass is 906 g/mol. The maximum absolute atomic E-state index is 15.0. The Labute approximate surface area is 378 Å². The van der Waals surface area contributed by atoms with Crippen LogP contribution in [0.25, 0.3) is 4.85 Å². The molecule has 6 aromatic carbocycles. The molecular formula is C50H44F6N6O4. The van der Waals surface area contributed by atoms with E-state index < -0.39 is 34.9 Å². The summed E-state index contributed by atoms with van der Waals surface area (Å²) in [7, 11) is 0. The highest BCUT2D eigenvalue weighted by atomic mass is 19.1. The Morgan fingerprint density at radius 1 is 0.545 bits per heavy atom. The van der Waals surface area contributed by atoms with Gasteiger partial charge in [0.05, 0.1) is 18.2 Å². The Balaban J connectivity index is 0.000000255. The minimum Gasteiger partial charge on any atom is -0.486 e. The lowest BCUT2D eigenvalue weighted by molar-refractivity contribution is 0.273. The van der Waals surface area contributed by atoms with Gasteiger partial charge < -0.3 is 30.4 Å². The van der Waals surface area contributed by atoms with E-state index >= 15 is 4.39 Å². The van der Waals surface area contributed by atoms with Crippen molar-refractivity contribution in [2.75, 3.05) is 0 Å². The first-order chi connectivity index (χ1) is 31.6. The van der Waals surface area contributed by atoms with Gasteiger partial charge in [-0.1, -0.05) is 42.5 Å². The molecule has 0 aliphatic rings. The summed E-state index contributed by atoms with van der Waals surface area (Å²) in [6.45, 7) is 13.4. The average molecular weight is 907 g/mol. The first-order valence-corrected chi connectivity index (χ1v) is 20.2. The molecule has 10 nitrogen and oxygen atoms in total. The molecule has 6 aromatic rings. The van der Waals surface area contributed by atoms with E-state index in [0.717, 1.165) is 12.1 Å². The number of nitrogens with two attached hydrogens (primary N) is 2. The van der Waals surface area contributed by atoms with Crippen LogP contribution in [0.2, 0.25) is 0 Å². The highest BCUT2D eigenvalue weighted by Gasteiger charge is 2.16. The molecule has 0 aliphatic carbocycles. The second-order valence-corrected chi connectivity index (χ2v) is 14.9. The summed E-state index contributed by atoms with van der Waals surface area (Å²) in [6.07, 6.45) is 0. The molecule has 0 saturated carbocycles. The fourth-order valence-corrected chi connectivity index (χ4v) is 5.96. The van der Waals surface area contributed by atoms with Crippen molar-refractivity contribution in [2.45, 2.75) is 66.2 Å². The molecule has 6 rings (SSSR count). The lowest BCUT2D eigenvalue weighted by Gasteiger charge is -2.13. The fraction of sp³-hybridized carbons (Fsp3) is 0.200. The quantitative estimate of drug-likeness (QED) is 0.0426. The van der Waals surface area contributed by atoms with Crippen LogP contribution in [0.1, 0.15) is 66.6 Å². The van der Waals surface area contributed by atoms with Gasteiger partial charge in [0.2, 0.25) is 0 Å². The smallest absolute Gasteiger partial charge is 0.190 e. The Kier molecular flexibility index (Phi) is 17.2. The molecule has 0 unspecified atom stereocenters. The third-order valence-electron chi connectivity index (χ3n) is 9.21. The normalized spacial score (nSPS) is 11.4. The summed E-state index contributed by atoms with van der Waals surface area (Å²) in [5.41, 5.74) is 13.6. The van der Waals surface area contributed by atoms with Crippen LogP contribution in [-0.4, -0.2) is 23.8 Å². The maximum atomic E-state index is 15.0. The molecule has 66 heavy (non-hydrogen) atoms. The van der Waals surface area contributed by atoms with Crippen molar-refractivity contribution < 1.29 is 45.3 Å². The minimum atomic E-state index is -0.720. The van der Waals surface area contributed by atoms with Crippen molar-refractivity contribution in [3.05, 3.63) is 194 Å². The molecule has 340 valence electrons. The van der Waals surface area contributed by atoms with Gasteiger partial charge >= 0.3 is 0 Å². The van der Waals surface area contributed by atoms with E-state index in [-0.39, 0.29) is 107 Å². The van der Waals surface area contributed by atoms with E-state index in [1.54, 1.807) is 24.3 Å². The molecule has 0 radical (unpaired) electrons. The summed E-state index contributed by atoms with van der Waals surface area (Å²) >= 11 is 0. The Bertz CT molecular complexity index is 2640. The lowest BCUT2D eigenvalue weighted by atomic mass is 10.1. The molecule has 0 aliphatic heterocycles.